The standard InChI is InChI=1S/C14H14FN3O/c15-10-6-4-9(5-7-10)13-12(14(16)19)11-3-1-2-8-18(11)17-13/h4-7H,1-3,8H2,(H2,16,19). The number of amides is 1. The van der Waals surface area contributed by atoms with E-state index in [-0.39, 0.29) is 5.82 Å². The minimum atomic E-state index is -0.470. The molecule has 19 heavy (non-hydrogen) atoms. The molecule has 3 rings (SSSR count). The van der Waals surface area contributed by atoms with Crippen LogP contribution >= 0.6 is 0 Å². The van der Waals surface area contributed by atoms with E-state index in [9.17, 15) is 9.18 Å². The van der Waals surface area contributed by atoms with E-state index in [1.165, 1.54) is 12.1 Å². The average molecular weight is 259 g/mol. The highest BCUT2D eigenvalue weighted by Gasteiger charge is 2.24. The Labute approximate surface area is 110 Å². The third-order valence-electron chi connectivity index (χ3n) is 3.46. The van der Waals surface area contributed by atoms with E-state index in [2.05, 4.69) is 5.10 Å². The SMILES string of the molecule is NC(=O)c1c(-c2ccc(F)cc2)nn2c1CCCC2. The van der Waals surface area contributed by atoms with Gasteiger partial charge in [-0.25, -0.2) is 4.39 Å². The molecule has 0 aliphatic carbocycles. The molecule has 1 aromatic heterocycles. The number of carbonyl (C=O) groups excluding carboxylic acids is 1. The molecule has 1 aliphatic rings. The number of carbonyl (C=O) groups is 1. The molecule has 0 bridgehead atoms. The second-order valence-corrected chi connectivity index (χ2v) is 4.72. The van der Waals surface area contributed by atoms with Gasteiger partial charge in [-0.05, 0) is 43.5 Å². The van der Waals surface area contributed by atoms with Crippen LogP contribution in [-0.4, -0.2) is 15.7 Å². The monoisotopic (exact) mass is 259 g/mol. The van der Waals surface area contributed by atoms with Crippen LogP contribution in [0.15, 0.2) is 24.3 Å². The van der Waals surface area contributed by atoms with Crippen molar-refractivity contribution in [1.29, 1.82) is 0 Å². The fourth-order valence-corrected chi connectivity index (χ4v) is 2.56. The first-order valence-electron chi connectivity index (χ1n) is 6.32. The first kappa shape index (κ1) is 11.9. The Morgan fingerprint density at radius 3 is 2.68 bits per heavy atom. The number of fused-ring (bicyclic) bond motifs is 1. The topological polar surface area (TPSA) is 60.9 Å². The number of nitrogens with two attached hydrogens (primary N) is 1. The summed E-state index contributed by atoms with van der Waals surface area (Å²) in [6, 6.07) is 5.96. The maximum Gasteiger partial charge on any atom is 0.252 e. The van der Waals surface area contributed by atoms with Crippen molar-refractivity contribution in [3.05, 3.63) is 41.3 Å². The Morgan fingerprint density at radius 1 is 1.26 bits per heavy atom. The Morgan fingerprint density at radius 2 is 2.00 bits per heavy atom. The second kappa shape index (κ2) is 4.50. The summed E-state index contributed by atoms with van der Waals surface area (Å²) in [6.45, 7) is 0.802. The van der Waals surface area contributed by atoms with Gasteiger partial charge >= 0.3 is 0 Å². The zero-order valence-electron chi connectivity index (χ0n) is 10.4. The molecule has 0 unspecified atom stereocenters. The van der Waals surface area contributed by atoms with Crippen molar-refractivity contribution in [2.24, 2.45) is 5.73 Å². The third kappa shape index (κ3) is 2.01. The van der Waals surface area contributed by atoms with Crippen molar-refractivity contribution in [3.8, 4) is 11.3 Å². The molecule has 0 saturated carbocycles. The molecule has 1 aliphatic heterocycles. The highest BCUT2D eigenvalue weighted by Crippen LogP contribution is 2.28. The number of hydrogen-bond donors (Lipinski definition) is 1. The van der Waals surface area contributed by atoms with Crippen molar-refractivity contribution in [1.82, 2.24) is 9.78 Å². The number of benzene rings is 1. The van der Waals surface area contributed by atoms with Crippen LogP contribution in [-0.2, 0) is 13.0 Å². The lowest BCUT2D eigenvalue weighted by atomic mass is 10.0. The summed E-state index contributed by atoms with van der Waals surface area (Å²) in [7, 11) is 0. The minimum absolute atomic E-state index is 0.312. The molecule has 0 fully saturated rings. The van der Waals surface area contributed by atoms with Crippen molar-refractivity contribution in [2.75, 3.05) is 0 Å². The van der Waals surface area contributed by atoms with Crippen LogP contribution < -0.4 is 5.73 Å². The van der Waals surface area contributed by atoms with Crippen LogP contribution in [0.5, 0.6) is 0 Å². The summed E-state index contributed by atoms with van der Waals surface area (Å²) in [5.41, 5.74) is 8.14. The second-order valence-electron chi connectivity index (χ2n) is 4.72. The maximum absolute atomic E-state index is 13.0. The predicted octanol–water partition coefficient (Wildman–Crippen LogP) is 2.12. The van der Waals surface area contributed by atoms with Gasteiger partial charge in [-0.2, -0.15) is 5.10 Å². The molecule has 0 spiro atoms. The molecule has 98 valence electrons. The Hall–Kier alpha value is -2.17. The summed E-state index contributed by atoms with van der Waals surface area (Å²) in [4.78, 5) is 11.7. The van der Waals surface area contributed by atoms with Crippen molar-refractivity contribution in [2.45, 2.75) is 25.8 Å². The molecule has 2 aromatic rings. The molecule has 1 amide bonds. The molecular formula is C14H14FN3O. The van der Waals surface area contributed by atoms with Gasteiger partial charge in [0.05, 0.1) is 11.3 Å². The van der Waals surface area contributed by atoms with Crippen LogP contribution in [0.1, 0.15) is 28.9 Å². The smallest absolute Gasteiger partial charge is 0.252 e. The zero-order valence-corrected chi connectivity index (χ0v) is 10.4. The number of hydrogen-bond acceptors (Lipinski definition) is 2. The van der Waals surface area contributed by atoms with Gasteiger partial charge in [-0.3, -0.25) is 9.48 Å². The van der Waals surface area contributed by atoms with Crippen molar-refractivity contribution >= 4 is 5.91 Å². The van der Waals surface area contributed by atoms with Gasteiger partial charge in [-0.15, -0.1) is 0 Å². The molecule has 2 heterocycles. The first-order valence-corrected chi connectivity index (χ1v) is 6.32. The lowest BCUT2D eigenvalue weighted by Crippen LogP contribution is -2.17. The fraction of sp³-hybridized carbons (Fsp3) is 0.286. The van der Waals surface area contributed by atoms with Crippen LogP contribution in [0.4, 0.5) is 4.39 Å². The Kier molecular flexibility index (Phi) is 2.81. The van der Waals surface area contributed by atoms with Crippen LogP contribution in [0.3, 0.4) is 0 Å². The Balaban J connectivity index is 2.17. The van der Waals surface area contributed by atoms with Gasteiger partial charge in [0.15, 0.2) is 0 Å². The summed E-state index contributed by atoms with van der Waals surface area (Å²) in [5, 5.41) is 4.47. The third-order valence-corrected chi connectivity index (χ3v) is 3.46. The molecular weight excluding hydrogens is 245 g/mol. The summed E-state index contributed by atoms with van der Waals surface area (Å²) in [6.07, 6.45) is 2.90. The number of nitrogens with zero attached hydrogens (tertiary/aromatic N) is 2. The van der Waals surface area contributed by atoms with Gasteiger partial charge in [0.2, 0.25) is 0 Å². The number of aromatic nitrogens is 2. The van der Waals surface area contributed by atoms with Crippen LogP contribution in [0.25, 0.3) is 11.3 Å². The average Bonchev–Trinajstić information content (AvgIpc) is 2.78. The molecule has 4 nitrogen and oxygen atoms in total. The van der Waals surface area contributed by atoms with E-state index in [0.717, 1.165) is 37.1 Å². The first-order chi connectivity index (χ1) is 9.16. The zero-order chi connectivity index (χ0) is 13.4. The molecule has 0 atom stereocenters. The van der Waals surface area contributed by atoms with Crippen LogP contribution in [0.2, 0.25) is 0 Å². The molecule has 2 N–H and O–H groups in total. The highest BCUT2D eigenvalue weighted by molar-refractivity contribution is 6.00. The van der Waals surface area contributed by atoms with Gasteiger partial charge < -0.3 is 5.73 Å². The summed E-state index contributed by atoms with van der Waals surface area (Å²) in [5.74, 6) is -0.782. The van der Waals surface area contributed by atoms with Crippen molar-refractivity contribution < 1.29 is 9.18 Å². The normalized spacial score (nSPS) is 14.2. The van der Waals surface area contributed by atoms with Gasteiger partial charge in [0, 0.05) is 12.1 Å². The Bertz CT molecular complexity index is 631. The van der Waals surface area contributed by atoms with E-state index in [1.807, 2.05) is 4.68 Å². The predicted molar refractivity (Wildman–Crippen MR) is 69.1 cm³/mol. The number of halogens is 1. The van der Waals surface area contributed by atoms with E-state index in [4.69, 9.17) is 5.73 Å². The molecule has 1 aromatic carbocycles. The van der Waals surface area contributed by atoms with Crippen LogP contribution in [0, 0.1) is 5.82 Å². The van der Waals surface area contributed by atoms with Gasteiger partial charge in [0.1, 0.15) is 11.5 Å². The van der Waals surface area contributed by atoms with E-state index < -0.39 is 5.91 Å². The van der Waals surface area contributed by atoms with Gasteiger partial charge in [0.25, 0.3) is 5.91 Å². The van der Waals surface area contributed by atoms with Gasteiger partial charge in [-0.1, -0.05) is 0 Å². The van der Waals surface area contributed by atoms with Crippen molar-refractivity contribution in [3.63, 3.8) is 0 Å². The number of aryl methyl sites for hydroxylation is 1. The number of primary amides is 1. The minimum Gasteiger partial charge on any atom is -0.365 e. The fourth-order valence-electron chi connectivity index (χ4n) is 2.56. The lowest BCUT2D eigenvalue weighted by Gasteiger charge is -2.13. The van der Waals surface area contributed by atoms with E-state index in [1.54, 1.807) is 12.1 Å². The lowest BCUT2D eigenvalue weighted by molar-refractivity contribution is 0.0999. The van der Waals surface area contributed by atoms with E-state index in [0.29, 0.717) is 11.3 Å². The molecule has 0 saturated heterocycles. The quantitative estimate of drug-likeness (QED) is 0.898. The maximum atomic E-state index is 13.0. The molecule has 0 radical (unpaired) electrons. The molecule has 5 heteroatoms. The van der Waals surface area contributed by atoms with E-state index >= 15 is 0 Å². The number of rotatable bonds is 2. The summed E-state index contributed by atoms with van der Waals surface area (Å²) < 4.78 is 14.8. The highest BCUT2D eigenvalue weighted by atomic mass is 19.1. The summed E-state index contributed by atoms with van der Waals surface area (Å²) >= 11 is 0. The largest absolute Gasteiger partial charge is 0.365 e.